The summed E-state index contributed by atoms with van der Waals surface area (Å²) in [6, 6.07) is 7.17. The highest BCUT2D eigenvalue weighted by molar-refractivity contribution is 5.90. The molecule has 1 aromatic carbocycles. The summed E-state index contributed by atoms with van der Waals surface area (Å²) in [7, 11) is 0. The number of nitrogens with one attached hydrogen (secondary N) is 2. The van der Waals surface area contributed by atoms with Crippen molar-refractivity contribution in [3.8, 4) is 5.75 Å². The molecule has 0 unspecified atom stereocenters. The van der Waals surface area contributed by atoms with Crippen molar-refractivity contribution in [1.82, 2.24) is 24.6 Å². The molecule has 4 rings (SSSR count). The fourth-order valence-electron chi connectivity index (χ4n) is 3.86. The standard InChI is InChI=1S/C24H26F3N7O3/c25-23(26)16-3-5-18(6-4-16)37-19-2-1-11-33(14-19)22(36)15-34-13-17(12-30-34)31-21(35)8-10-28-20-7-9-29-24(27)32-20/h3-7,9,12-13,19,23H,1-2,8,10-11,14-15H2,(H,31,35)(H,28,29,32)/t19-/m1/s1. The summed E-state index contributed by atoms with van der Waals surface area (Å²) in [5, 5.41) is 9.67. The number of hydrogen-bond acceptors (Lipinski definition) is 7. The average Bonchev–Trinajstić information content (AvgIpc) is 3.31. The molecule has 37 heavy (non-hydrogen) atoms. The number of likely N-dealkylation sites (tertiary alicyclic amines) is 1. The highest BCUT2D eigenvalue weighted by atomic mass is 19.3. The number of anilines is 2. The number of ether oxygens (including phenoxy) is 1. The normalized spacial score (nSPS) is 15.5. The van der Waals surface area contributed by atoms with Crippen molar-refractivity contribution in [3.05, 3.63) is 60.6 Å². The van der Waals surface area contributed by atoms with Crippen molar-refractivity contribution >= 4 is 23.3 Å². The third-order valence-corrected chi connectivity index (χ3v) is 5.66. The molecule has 13 heteroatoms. The minimum atomic E-state index is -2.53. The Morgan fingerprint density at radius 2 is 2.00 bits per heavy atom. The molecule has 1 fully saturated rings. The molecule has 0 saturated carbocycles. The van der Waals surface area contributed by atoms with Crippen LogP contribution in [-0.2, 0) is 16.1 Å². The van der Waals surface area contributed by atoms with Crippen LogP contribution >= 0.6 is 0 Å². The Labute approximate surface area is 210 Å². The second-order valence-electron chi connectivity index (χ2n) is 8.45. The zero-order chi connectivity index (χ0) is 26.2. The van der Waals surface area contributed by atoms with Crippen LogP contribution in [0.1, 0.15) is 31.3 Å². The lowest BCUT2D eigenvalue weighted by Gasteiger charge is -2.33. The third-order valence-electron chi connectivity index (χ3n) is 5.66. The Bertz CT molecular complexity index is 1210. The van der Waals surface area contributed by atoms with Crippen LogP contribution in [0.25, 0.3) is 0 Å². The van der Waals surface area contributed by atoms with E-state index >= 15 is 0 Å². The van der Waals surface area contributed by atoms with Gasteiger partial charge in [-0.25, -0.2) is 13.8 Å². The van der Waals surface area contributed by atoms with Crippen LogP contribution in [0.2, 0.25) is 0 Å². The van der Waals surface area contributed by atoms with Gasteiger partial charge in [0.1, 0.15) is 24.2 Å². The number of carbonyl (C=O) groups excluding carboxylic acids is 2. The first kappa shape index (κ1) is 25.9. The van der Waals surface area contributed by atoms with Crippen molar-refractivity contribution in [2.75, 3.05) is 30.3 Å². The second kappa shape index (κ2) is 12.2. The molecule has 1 aliphatic rings. The van der Waals surface area contributed by atoms with Gasteiger partial charge in [-0.05, 0) is 43.2 Å². The SMILES string of the molecule is O=C(CCNc1ccnc(F)n1)Nc1cnn(CC(=O)N2CCC[C@@H](Oc3ccc(C(F)F)cc3)C2)c1. The summed E-state index contributed by atoms with van der Waals surface area (Å²) in [4.78, 5) is 33.6. The quantitative estimate of drug-likeness (QED) is 0.397. The van der Waals surface area contributed by atoms with E-state index in [9.17, 15) is 22.8 Å². The molecule has 0 radical (unpaired) electrons. The summed E-state index contributed by atoms with van der Waals surface area (Å²) >= 11 is 0. The molecule has 2 amide bonds. The molecule has 0 bridgehead atoms. The molecule has 2 aromatic heterocycles. The van der Waals surface area contributed by atoms with E-state index in [0.717, 1.165) is 12.8 Å². The molecule has 1 aliphatic heterocycles. The van der Waals surface area contributed by atoms with Crippen LogP contribution in [0.15, 0.2) is 48.9 Å². The van der Waals surface area contributed by atoms with Gasteiger partial charge in [-0.2, -0.15) is 14.5 Å². The number of benzene rings is 1. The van der Waals surface area contributed by atoms with Gasteiger partial charge in [-0.15, -0.1) is 0 Å². The topological polar surface area (TPSA) is 114 Å². The highest BCUT2D eigenvalue weighted by Crippen LogP contribution is 2.24. The van der Waals surface area contributed by atoms with Crippen LogP contribution in [-0.4, -0.2) is 62.2 Å². The highest BCUT2D eigenvalue weighted by Gasteiger charge is 2.25. The number of nitrogens with zero attached hydrogens (tertiary/aromatic N) is 5. The molecule has 3 aromatic rings. The zero-order valence-electron chi connectivity index (χ0n) is 19.8. The maximum Gasteiger partial charge on any atom is 0.310 e. The van der Waals surface area contributed by atoms with Gasteiger partial charge >= 0.3 is 6.08 Å². The summed E-state index contributed by atoms with van der Waals surface area (Å²) in [5.41, 5.74) is 0.371. The van der Waals surface area contributed by atoms with Crippen molar-refractivity contribution in [2.45, 2.75) is 38.3 Å². The van der Waals surface area contributed by atoms with Crippen molar-refractivity contribution in [1.29, 1.82) is 0 Å². The van der Waals surface area contributed by atoms with E-state index in [-0.39, 0.29) is 48.8 Å². The summed E-state index contributed by atoms with van der Waals surface area (Å²) < 4.78 is 45.8. The lowest BCUT2D eigenvalue weighted by Crippen LogP contribution is -2.45. The molecular formula is C24H26F3N7O3. The maximum atomic E-state index is 13.0. The molecule has 1 saturated heterocycles. The molecule has 0 spiro atoms. The minimum absolute atomic E-state index is 0.00743. The fourth-order valence-corrected chi connectivity index (χ4v) is 3.86. The van der Waals surface area contributed by atoms with Gasteiger partial charge in [0.25, 0.3) is 6.43 Å². The van der Waals surface area contributed by atoms with Gasteiger partial charge in [0.2, 0.25) is 11.8 Å². The Morgan fingerprint density at radius 1 is 1.19 bits per heavy atom. The number of rotatable bonds is 10. The molecule has 0 aliphatic carbocycles. The van der Waals surface area contributed by atoms with E-state index in [4.69, 9.17) is 4.74 Å². The van der Waals surface area contributed by atoms with Gasteiger partial charge in [0.15, 0.2) is 0 Å². The van der Waals surface area contributed by atoms with Crippen LogP contribution < -0.4 is 15.4 Å². The molecular weight excluding hydrogens is 491 g/mol. The van der Waals surface area contributed by atoms with Gasteiger partial charge in [-0.1, -0.05) is 0 Å². The fraction of sp³-hybridized carbons (Fsp3) is 0.375. The van der Waals surface area contributed by atoms with E-state index in [1.807, 2.05) is 0 Å². The summed E-state index contributed by atoms with van der Waals surface area (Å²) in [6.07, 6.45) is 2.26. The largest absolute Gasteiger partial charge is 0.489 e. The third kappa shape index (κ3) is 7.66. The number of halogens is 3. The Morgan fingerprint density at radius 3 is 2.76 bits per heavy atom. The second-order valence-corrected chi connectivity index (χ2v) is 8.45. The smallest absolute Gasteiger partial charge is 0.310 e. The van der Waals surface area contributed by atoms with E-state index in [2.05, 4.69) is 25.7 Å². The van der Waals surface area contributed by atoms with Crippen molar-refractivity contribution in [3.63, 3.8) is 0 Å². The number of hydrogen-bond donors (Lipinski definition) is 2. The molecule has 10 nitrogen and oxygen atoms in total. The van der Waals surface area contributed by atoms with Gasteiger partial charge in [0.05, 0.1) is 18.4 Å². The van der Waals surface area contributed by atoms with E-state index in [1.54, 1.807) is 11.1 Å². The lowest BCUT2D eigenvalue weighted by atomic mass is 10.1. The lowest BCUT2D eigenvalue weighted by molar-refractivity contribution is -0.134. The van der Waals surface area contributed by atoms with Crippen LogP contribution in [0.3, 0.4) is 0 Å². The van der Waals surface area contributed by atoms with E-state index in [1.165, 1.54) is 47.4 Å². The molecule has 3 heterocycles. The van der Waals surface area contributed by atoms with E-state index < -0.39 is 12.5 Å². The van der Waals surface area contributed by atoms with Crippen LogP contribution in [0, 0.1) is 6.08 Å². The molecule has 2 N–H and O–H groups in total. The number of alkyl halides is 2. The first-order chi connectivity index (χ1) is 17.9. The number of piperidine rings is 1. The van der Waals surface area contributed by atoms with Gasteiger partial charge in [0, 0.05) is 37.5 Å². The van der Waals surface area contributed by atoms with Crippen LogP contribution in [0.5, 0.6) is 5.75 Å². The van der Waals surface area contributed by atoms with Crippen molar-refractivity contribution in [2.24, 2.45) is 0 Å². The Balaban J connectivity index is 1.21. The van der Waals surface area contributed by atoms with Gasteiger partial charge < -0.3 is 20.3 Å². The summed E-state index contributed by atoms with van der Waals surface area (Å²) in [5.74, 6) is 0.325. The van der Waals surface area contributed by atoms with Crippen LogP contribution in [0.4, 0.5) is 24.7 Å². The predicted molar refractivity (Wildman–Crippen MR) is 128 cm³/mol. The van der Waals surface area contributed by atoms with Gasteiger partial charge in [-0.3, -0.25) is 14.3 Å². The van der Waals surface area contributed by atoms with Crippen molar-refractivity contribution < 1.29 is 27.5 Å². The predicted octanol–water partition coefficient (Wildman–Crippen LogP) is 3.26. The Hall–Kier alpha value is -4.16. The molecule has 196 valence electrons. The average molecular weight is 518 g/mol. The first-order valence-corrected chi connectivity index (χ1v) is 11.7. The first-order valence-electron chi connectivity index (χ1n) is 11.7. The maximum absolute atomic E-state index is 13.0. The number of aromatic nitrogens is 4. The monoisotopic (exact) mass is 517 g/mol. The summed E-state index contributed by atoms with van der Waals surface area (Å²) in [6.45, 7) is 1.19. The zero-order valence-corrected chi connectivity index (χ0v) is 19.8. The molecule has 1 atom stereocenters. The van der Waals surface area contributed by atoms with E-state index in [0.29, 0.717) is 24.5 Å². The number of amides is 2. The number of carbonyl (C=O) groups is 2. The Kier molecular flexibility index (Phi) is 8.54. The minimum Gasteiger partial charge on any atom is -0.489 e.